The highest BCUT2D eigenvalue weighted by molar-refractivity contribution is 5.32. The molecule has 0 saturated carbocycles. The molecule has 1 heterocycles. The highest BCUT2D eigenvalue weighted by Crippen LogP contribution is 2.21. The summed E-state index contributed by atoms with van der Waals surface area (Å²) in [5, 5.41) is 3.37. The van der Waals surface area contributed by atoms with Crippen LogP contribution in [0.2, 0.25) is 0 Å². The van der Waals surface area contributed by atoms with Crippen LogP contribution >= 0.6 is 0 Å². The minimum absolute atomic E-state index is 0.239. The van der Waals surface area contributed by atoms with Gasteiger partial charge in [0.2, 0.25) is 0 Å². The highest BCUT2D eigenvalue weighted by atomic mass is 14.9. The molecule has 1 unspecified atom stereocenters. The predicted octanol–water partition coefficient (Wildman–Crippen LogP) is 3.73. The first-order valence-corrected chi connectivity index (χ1v) is 7.01. The zero-order valence-electron chi connectivity index (χ0n) is 11.8. The lowest BCUT2D eigenvalue weighted by molar-refractivity contribution is 0.690. The second kappa shape index (κ2) is 7.05. The number of unbranched alkanes of at least 4 members (excludes halogenated alkanes) is 1. The lowest BCUT2D eigenvalue weighted by atomic mass is 9.97. The molecule has 2 aromatic rings. The van der Waals surface area contributed by atoms with Gasteiger partial charge in [-0.15, -0.1) is 0 Å². The third-order valence-electron chi connectivity index (χ3n) is 3.46. The second-order valence-electron chi connectivity index (χ2n) is 4.85. The summed E-state index contributed by atoms with van der Waals surface area (Å²) >= 11 is 0. The van der Waals surface area contributed by atoms with Gasteiger partial charge in [0.1, 0.15) is 0 Å². The molecule has 0 saturated heterocycles. The molecule has 0 aliphatic rings. The van der Waals surface area contributed by atoms with E-state index in [1.165, 1.54) is 36.0 Å². The van der Waals surface area contributed by atoms with Gasteiger partial charge in [0.25, 0.3) is 0 Å². The van der Waals surface area contributed by atoms with Gasteiger partial charge in [0.05, 0.1) is 6.04 Å². The Morgan fingerprint density at radius 3 is 2.21 bits per heavy atom. The number of hydrogen-bond acceptors (Lipinski definition) is 2. The van der Waals surface area contributed by atoms with E-state index in [0.29, 0.717) is 0 Å². The van der Waals surface area contributed by atoms with Crippen molar-refractivity contribution in [1.82, 2.24) is 10.3 Å². The quantitative estimate of drug-likeness (QED) is 0.849. The van der Waals surface area contributed by atoms with Gasteiger partial charge < -0.3 is 5.32 Å². The van der Waals surface area contributed by atoms with Crippen molar-refractivity contribution in [1.29, 1.82) is 0 Å². The van der Waals surface area contributed by atoms with Crippen LogP contribution in [-0.4, -0.2) is 12.0 Å². The fourth-order valence-electron chi connectivity index (χ4n) is 2.34. The zero-order valence-corrected chi connectivity index (χ0v) is 11.8. The molecule has 0 radical (unpaired) electrons. The van der Waals surface area contributed by atoms with Gasteiger partial charge in [-0.1, -0.05) is 37.6 Å². The van der Waals surface area contributed by atoms with Gasteiger partial charge in [0, 0.05) is 12.4 Å². The number of nitrogens with one attached hydrogen (secondary N) is 1. The maximum absolute atomic E-state index is 4.08. The summed E-state index contributed by atoms with van der Waals surface area (Å²) < 4.78 is 0. The van der Waals surface area contributed by atoms with Crippen molar-refractivity contribution in [3.63, 3.8) is 0 Å². The van der Waals surface area contributed by atoms with Crippen LogP contribution < -0.4 is 5.32 Å². The Balaban J connectivity index is 2.15. The Labute approximate surface area is 115 Å². The fraction of sp³-hybridized carbons (Fsp3) is 0.353. The van der Waals surface area contributed by atoms with Crippen molar-refractivity contribution in [2.75, 3.05) is 7.05 Å². The summed E-state index contributed by atoms with van der Waals surface area (Å²) in [5.41, 5.74) is 3.97. The molecule has 1 N–H and O–H groups in total. The van der Waals surface area contributed by atoms with Gasteiger partial charge in [-0.3, -0.25) is 4.98 Å². The van der Waals surface area contributed by atoms with E-state index in [0.717, 1.165) is 0 Å². The maximum Gasteiger partial charge on any atom is 0.0575 e. The molecule has 1 aromatic carbocycles. The van der Waals surface area contributed by atoms with Crippen molar-refractivity contribution in [3.8, 4) is 0 Å². The molecule has 1 aromatic heterocycles. The van der Waals surface area contributed by atoms with Gasteiger partial charge in [-0.05, 0) is 48.7 Å². The molecule has 2 rings (SSSR count). The Morgan fingerprint density at radius 1 is 1.00 bits per heavy atom. The molecule has 1 atom stereocenters. The topological polar surface area (TPSA) is 24.9 Å². The molecule has 100 valence electrons. The van der Waals surface area contributed by atoms with Crippen molar-refractivity contribution >= 4 is 0 Å². The molecule has 0 fully saturated rings. The summed E-state index contributed by atoms with van der Waals surface area (Å²) in [6, 6.07) is 13.3. The number of rotatable bonds is 6. The van der Waals surface area contributed by atoms with Crippen LogP contribution in [0.25, 0.3) is 0 Å². The molecule has 0 amide bonds. The first-order valence-electron chi connectivity index (χ1n) is 7.01. The highest BCUT2D eigenvalue weighted by Gasteiger charge is 2.11. The van der Waals surface area contributed by atoms with E-state index in [2.05, 4.69) is 53.6 Å². The van der Waals surface area contributed by atoms with E-state index >= 15 is 0 Å². The van der Waals surface area contributed by atoms with E-state index in [9.17, 15) is 0 Å². The lowest BCUT2D eigenvalue weighted by Crippen LogP contribution is -2.17. The molecule has 0 spiro atoms. The Bertz CT molecular complexity index is 476. The average Bonchev–Trinajstić information content (AvgIpc) is 2.48. The number of aromatic nitrogens is 1. The number of benzene rings is 1. The monoisotopic (exact) mass is 254 g/mol. The van der Waals surface area contributed by atoms with Crippen LogP contribution in [0, 0.1) is 0 Å². The summed E-state index contributed by atoms with van der Waals surface area (Å²) in [4.78, 5) is 4.08. The Hall–Kier alpha value is -1.67. The molecular weight excluding hydrogens is 232 g/mol. The molecule has 2 heteroatoms. The van der Waals surface area contributed by atoms with Crippen LogP contribution in [0.1, 0.15) is 42.5 Å². The van der Waals surface area contributed by atoms with E-state index in [4.69, 9.17) is 0 Å². The SMILES string of the molecule is CCCCc1ccc(C(NC)c2ccncc2)cc1. The lowest BCUT2D eigenvalue weighted by Gasteiger charge is -2.17. The zero-order chi connectivity index (χ0) is 13.5. The molecule has 19 heavy (non-hydrogen) atoms. The molecule has 0 bridgehead atoms. The average molecular weight is 254 g/mol. The molecule has 0 aliphatic carbocycles. The van der Waals surface area contributed by atoms with Gasteiger partial charge in [0.15, 0.2) is 0 Å². The third kappa shape index (κ3) is 3.65. The van der Waals surface area contributed by atoms with Crippen molar-refractivity contribution in [3.05, 3.63) is 65.5 Å². The van der Waals surface area contributed by atoms with Gasteiger partial charge in [-0.2, -0.15) is 0 Å². The van der Waals surface area contributed by atoms with Crippen molar-refractivity contribution in [2.45, 2.75) is 32.2 Å². The van der Waals surface area contributed by atoms with Crippen LogP contribution in [-0.2, 0) is 6.42 Å². The Kier molecular flexibility index (Phi) is 5.10. The number of pyridine rings is 1. The number of aryl methyl sites for hydroxylation is 1. The predicted molar refractivity (Wildman–Crippen MR) is 80.2 cm³/mol. The van der Waals surface area contributed by atoms with Crippen LogP contribution in [0.5, 0.6) is 0 Å². The van der Waals surface area contributed by atoms with Gasteiger partial charge in [-0.25, -0.2) is 0 Å². The van der Waals surface area contributed by atoms with Crippen molar-refractivity contribution < 1.29 is 0 Å². The first kappa shape index (κ1) is 13.8. The Morgan fingerprint density at radius 2 is 1.63 bits per heavy atom. The summed E-state index contributed by atoms with van der Waals surface area (Å²) in [6.45, 7) is 2.23. The number of nitrogens with zero attached hydrogens (tertiary/aromatic N) is 1. The first-order chi connectivity index (χ1) is 9.35. The minimum atomic E-state index is 0.239. The fourth-order valence-corrected chi connectivity index (χ4v) is 2.34. The van der Waals surface area contributed by atoms with E-state index < -0.39 is 0 Å². The largest absolute Gasteiger partial charge is 0.309 e. The van der Waals surface area contributed by atoms with Crippen molar-refractivity contribution in [2.24, 2.45) is 0 Å². The summed E-state index contributed by atoms with van der Waals surface area (Å²) in [7, 11) is 2.00. The van der Waals surface area contributed by atoms with Crippen LogP contribution in [0.4, 0.5) is 0 Å². The minimum Gasteiger partial charge on any atom is -0.309 e. The van der Waals surface area contributed by atoms with E-state index in [1.54, 1.807) is 0 Å². The van der Waals surface area contributed by atoms with Crippen LogP contribution in [0.3, 0.4) is 0 Å². The second-order valence-corrected chi connectivity index (χ2v) is 4.85. The van der Waals surface area contributed by atoms with Gasteiger partial charge >= 0.3 is 0 Å². The molecular formula is C17H22N2. The smallest absolute Gasteiger partial charge is 0.0575 e. The van der Waals surface area contributed by atoms with E-state index in [-0.39, 0.29) is 6.04 Å². The normalized spacial score (nSPS) is 12.3. The summed E-state index contributed by atoms with van der Waals surface area (Å²) in [6.07, 6.45) is 7.37. The van der Waals surface area contributed by atoms with E-state index in [1.807, 2.05) is 19.4 Å². The molecule has 0 aliphatic heterocycles. The van der Waals surface area contributed by atoms with Crippen LogP contribution in [0.15, 0.2) is 48.8 Å². The maximum atomic E-state index is 4.08. The third-order valence-corrected chi connectivity index (χ3v) is 3.46. The standard InChI is InChI=1S/C17H22N2/c1-3-4-5-14-6-8-15(9-7-14)17(18-2)16-10-12-19-13-11-16/h6-13,17-18H,3-5H2,1-2H3. The number of hydrogen-bond donors (Lipinski definition) is 1. The molecule has 2 nitrogen and oxygen atoms in total. The summed E-state index contributed by atoms with van der Waals surface area (Å²) in [5.74, 6) is 0.